The van der Waals surface area contributed by atoms with Crippen molar-refractivity contribution in [2.75, 3.05) is 11.1 Å². The number of aryl methyl sites for hydroxylation is 1. The minimum atomic E-state index is -0.401. The van der Waals surface area contributed by atoms with Gasteiger partial charge in [0.1, 0.15) is 0 Å². The summed E-state index contributed by atoms with van der Waals surface area (Å²) in [6.07, 6.45) is 0. The molecule has 1 atom stereocenters. The fourth-order valence-electron chi connectivity index (χ4n) is 3.32. The highest BCUT2D eigenvalue weighted by Crippen LogP contribution is 2.27. The maximum atomic E-state index is 12.9. The fraction of sp³-hybridized carbons (Fsp3) is 0.333. The lowest BCUT2D eigenvalue weighted by Gasteiger charge is -2.22. The molecule has 2 N–H and O–H groups in total. The van der Waals surface area contributed by atoms with Gasteiger partial charge in [-0.2, -0.15) is 0 Å². The van der Waals surface area contributed by atoms with Crippen molar-refractivity contribution in [2.24, 2.45) is 5.92 Å². The molecule has 0 saturated heterocycles. The van der Waals surface area contributed by atoms with Gasteiger partial charge in [-0.1, -0.05) is 66.5 Å². The number of thioether (sulfide) groups is 1. The van der Waals surface area contributed by atoms with Gasteiger partial charge in [0, 0.05) is 17.3 Å². The number of amides is 2. The summed E-state index contributed by atoms with van der Waals surface area (Å²) in [6, 6.07) is 12.0. The number of hydrogen-bond donors (Lipinski definition) is 2. The molecule has 1 aromatic heterocycles. The average molecular weight is 520 g/mol. The first-order valence-electron chi connectivity index (χ1n) is 10.9. The highest BCUT2D eigenvalue weighted by Gasteiger charge is 2.27. The van der Waals surface area contributed by atoms with Crippen LogP contribution in [0.3, 0.4) is 0 Å². The first kappa shape index (κ1) is 26.1. The maximum absolute atomic E-state index is 12.9. The number of halogens is 2. The van der Waals surface area contributed by atoms with Crippen molar-refractivity contribution in [3.05, 3.63) is 69.5 Å². The molecule has 0 unspecified atom stereocenters. The summed E-state index contributed by atoms with van der Waals surface area (Å²) in [5.41, 5.74) is 2.21. The molecule has 0 aliphatic carbocycles. The number of benzene rings is 2. The largest absolute Gasteiger partial charge is 0.342 e. The van der Waals surface area contributed by atoms with Crippen LogP contribution in [-0.2, 0) is 11.3 Å². The van der Waals surface area contributed by atoms with Crippen LogP contribution in [0.5, 0.6) is 0 Å². The van der Waals surface area contributed by atoms with Crippen molar-refractivity contribution in [1.82, 2.24) is 20.1 Å². The Bertz CT molecular complexity index is 1160. The summed E-state index contributed by atoms with van der Waals surface area (Å²) < 4.78 is 1.91. The second-order valence-corrected chi connectivity index (χ2v) is 9.89. The smallest absolute Gasteiger partial charge is 0.253 e. The average Bonchev–Trinajstić information content (AvgIpc) is 3.19. The third-order valence-corrected chi connectivity index (χ3v) is 6.65. The van der Waals surface area contributed by atoms with E-state index in [1.165, 1.54) is 17.8 Å². The van der Waals surface area contributed by atoms with Gasteiger partial charge in [0.15, 0.2) is 11.0 Å². The second kappa shape index (κ2) is 11.7. The molecule has 7 nitrogen and oxygen atoms in total. The Hall–Kier alpha value is -2.55. The molecule has 10 heteroatoms. The molecule has 0 aliphatic rings. The topological polar surface area (TPSA) is 88.9 Å². The third-order valence-electron chi connectivity index (χ3n) is 5.14. The summed E-state index contributed by atoms with van der Waals surface area (Å²) in [6.45, 7) is 8.53. The predicted octanol–water partition coefficient (Wildman–Crippen LogP) is 5.77. The molecule has 0 radical (unpaired) electrons. The molecule has 0 spiro atoms. The fourth-order valence-corrected chi connectivity index (χ4v) is 4.62. The highest BCUT2D eigenvalue weighted by atomic mass is 35.5. The second-order valence-electron chi connectivity index (χ2n) is 8.11. The summed E-state index contributed by atoms with van der Waals surface area (Å²) in [7, 11) is 0. The monoisotopic (exact) mass is 519 g/mol. The van der Waals surface area contributed by atoms with Gasteiger partial charge in [-0.05, 0) is 50.1 Å². The Kier molecular flexibility index (Phi) is 8.99. The quantitative estimate of drug-likeness (QED) is 0.350. The standard InChI is InChI=1S/C24H27Cl2N5O2S/c1-5-31-22(21(14(2)3)28-23(33)18-11-8-16(25)12-19(18)26)29-30-24(31)34-13-20(32)27-17-9-6-15(4)7-10-17/h6-12,14,21H,5,13H2,1-4H3,(H,27,32)(H,28,33)/t21-/m1/s1. The number of rotatable bonds is 9. The van der Waals surface area contributed by atoms with Gasteiger partial charge in [0.2, 0.25) is 5.91 Å². The molecular weight excluding hydrogens is 493 g/mol. The van der Waals surface area contributed by atoms with Crippen LogP contribution in [0, 0.1) is 12.8 Å². The van der Waals surface area contributed by atoms with Gasteiger partial charge < -0.3 is 15.2 Å². The molecule has 0 aliphatic heterocycles. The Labute approximate surface area is 213 Å². The van der Waals surface area contributed by atoms with Gasteiger partial charge in [0.25, 0.3) is 5.91 Å². The summed E-state index contributed by atoms with van der Waals surface area (Å²) >= 11 is 13.5. The van der Waals surface area contributed by atoms with E-state index in [9.17, 15) is 9.59 Å². The number of hydrogen-bond acceptors (Lipinski definition) is 5. The number of carbonyl (C=O) groups is 2. The van der Waals surface area contributed by atoms with E-state index in [-0.39, 0.29) is 28.5 Å². The van der Waals surface area contributed by atoms with Gasteiger partial charge in [-0.15, -0.1) is 10.2 Å². The lowest BCUT2D eigenvalue weighted by molar-refractivity contribution is -0.113. The van der Waals surface area contributed by atoms with Crippen LogP contribution in [0.2, 0.25) is 10.0 Å². The maximum Gasteiger partial charge on any atom is 0.253 e. The number of carbonyl (C=O) groups excluding carboxylic acids is 2. The van der Waals surface area contributed by atoms with Crippen LogP contribution >= 0.6 is 35.0 Å². The van der Waals surface area contributed by atoms with E-state index in [0.29, 0.717) is 28.1 Å². The summed E-state index contributed by atoms with van der Waals surface area (Å²) in [5.74, 6) is 0.389. The first-order chi connectivity index (χ1) is 16.2. The number of nitrogens with zero attached hydrogens (tertiary/aromatic N) is 3. The van der Waals surface area contributed by atoms with E-state index < -0.39 is 6.04 Å². The predicted molar refractivity (Wildman–Crippen MR) is 138 cm³/mol. The molecule has 3 rings (SSSR count). The van der Waals surface area contributed by atoms with Crippen molar-refractivity contribution >= 4 is 52.5 Å². The molecule has 34 heavy (non-hydrogen) atoms. The van der Waals surface area contributed by atoms with E-state index in [4.69, 9.17) is 23.2 Å². The molecule has 0 bridgehead atoms. The van der Waals surface area contributed by atoms with E-state index in [2.05, 4.69) is 20.8 Å². The minimum absolute atomic E-state index is 0.0345. The van der Waals surface area contributed by atoms with Crippen LogP contribution in [0.4, 0.5) is 5.69 Å². The van der Waals surface area contributed by atoms with Crippen molar-refractivity contribution in [3.63, 3.8) is 0 Å². The molecule has 2 aromatic carbocycles. The lowest BCUT2D eigenvalue weighted by Crippen LogP contribution is -2.34. The molecule has 3 aromatic rings. The van der Waals surface area contributed by atoms with Crippen molar-refractivity contribution in [3.8, 4) is 0 Å². The lowest BCUT2D eigenvalue weighted by atomic mass is 10.0. The van der Waals surface area contributed by atoms with Crippen molar-refractivity contribution < 1.29 is 9.59 Å². The molecule has 0 saturated carbocycles. The zero-order chi connectivity index (χ0) is 24.8. The Morgan fingerprint density at radius 2 is 1.79 bits per heavy atom. The summed E-state index contributed by atoms with van der Waals surface area (Å²) in [5, 5.41) is 15.9. The number of nitrogens with one attached hydrogen (secondary N) is 2. The SMILES string of the molecule is CCn1c(SCC(=O)Nc2ccc(C)cc2)nnc1[C@H](NC(=O)c1ccc(Cl)cc1Cl)C(C)C. The highest BCUT2D eigenvalue weighted by molar-refractivity contribution is 7.99. The van der Waals surface area contributed by atoms with Crippen LogP contribution in [0.1, 0.15) is 48.6 Å². The molecule has 180 valence electrons. The zero-order valence-corrected chi connectivity index (χ0v) is 21.8. The van der Waals surface area contributed by atoms with Crippen LogP contribution < -0.4 is 10.6 Å². The molecule has 0 fully saturated rings. The van der Waals surface area contributed by atoms with Crippen molar-refractivity contribution in [2.45, 2.75) is 45.4 Å². The molecule has 1 heterocycles. The molecular formula is C24H27Cl2N5O2S. The number of anilines is 1. The Balaban J connectivity index is 1.72. The van der Waals surface area contributed by atoms with E-state index in [1.54, 1.807) is 12.1 Å². The van der Waals surface area contributed by atoms with E-state index in [1.807, 2.05) is 56.5 Å². The molecule has 2 amide bonds. The third kappa shape index (κ3) is 6.52. The van der Waals surface area contributed by atoms with Crippen molar-refractivity contribution in [1.29, 1.82) is 0 Å². The zero-order valence-electron chi connectivity index (χ0n) is 19.4. The van der Waals surface area contributed by atoms with Gasteiger partial charge in [-0.3, -0.25) is 9.59 Å². The van der Waals surface area contributed by atoms with E-state index >= 15 is 0 Å². The Morgan fingerprint density at radius 1 is 1.09 bits per heavy atom. The van der Waals surface area contributed by atoms with E-state index in [0.717, 1.165) is 11.3 Å². The van der Waals surface area contributed by atoms with Gasteiger partial charge in [0.05, 0.1) is 22.4 Å². The van der Waals surface area contributed by atoms with Gasteiger partial charge in [-0.25, -0.2) is 0 Å². The Morgan fingerprint density at radius 3 is 2.41 bits per heavy atom. The number of aromatic nitrogens is 3. The van der Waals surface area contributed by atoms with Crippen LogP contribution in [0.25, 0.3) is 0 Å². The van der Waals surface area contributed by atoms with Gasteiger partial charge >= 0.3 is 0 Å². The normalized spacial score (nSPS) is 12.0. The summed E-state index contributed by atoms with van der Waals surface area (Å²) in [4.78, 5) is 25.3. The minimum Gasteiger partial charge on any atom is -0.342 e. The first-order valence-corrected chi connectivity index (χ1v) is 12.6. The van der Waals surface area contributed by atoms with Crippen LogP contribution in [-0.4, -0.2) is 32.3 Å². The van der Waals surface area contributed by atoms with Crippen LogP contribution in [0.15, 0.2) is 47.6 Å².